The highest BCUT2D eigenvalue weighted by Gasteiger charge is 2.36. The maximum atomic E-state index is 13.2. The topological polar surface area (TPSA) is 84.0 Å². The van der Waals surface area contributed by atoms with E-state index in [0.717, 1.165) is 12.1 Å². The van der Waals surface area contributed by atoms with Gasteiger partial charge in [0, 0.05) is 30.2 Å². The smallest absolute Gasteiger partial charge is 0.236 e. The third kappa shape index (κ3) is 3.36. The molecular weight excluding hydrogens is 333 g/mol. The summed E-state index contributed by atoms with van der Waals surface area (Å²) in [5, 5.41) is 2.04. The number of nitrogens with zero attached hydrogens (tertiary/aromatic N) is 2. The highest BCUT2D eigenvalue weighted by atomic mass is 32.2. The molecule has 1 aliphatic carbocycles. The van der Waals surface area contributed by atoms with E-state index in [1.165, 1.54) is 12.4 Å². The lowest BCUT2D eigenvalue weighted by Gasteiger charge is -2.12. The molecule has 1 saturated carbocycles. The highest BCUT2D eigenvalue weighted by molar-refractivity contribution is 7.93. The summed E-state index contributed by atoms with van der Waals surface area (Å²) in [5.41, 5.74) is -0.131. The summed E-state index contributed by atoms with van der Waals surface area (Å²) in [7, 11) is -3.58. The van der Waals surface area contributed by atoms with E-state index >= 15 is 0 Å². The summed E-state index contributed by atoms with van der Waals surface area (Å²) in [6.07, 6.45) is 3.66. The Kier molecular flexibility index (Phi) is 3.84. The zero-order valence-electron chi connectivity index (χ0n) is 11.6. The van der Waals surface area contributed by atoms with E-state index in [9.17, 15) is 21.6 Å². The van der Waals surface area contributed by atoms with Crippen molar-refractivity contribution in [1.82, 2.24) is 9.97 Å². The molecule has 0 radical (unpaired) electrons. The SMILES string of the molecule is O=S(=O)(Nc1nccnc1Nc1cc(F)c(F)c(F)c1)C1CC1. The second-order valence-electron chi connectivity index (χ2n) is 4.98. The van der Waals surface area contributed by atoms with Crippen LogP contribution in [0.15, 0.2) is 24.5 Å². The first-order valence-corrected chi connectivity index (χ1v) is 8.15. The largest absolute Gasteiger partial charge is 0.337 e. The van der Waals surface area contributed by atoms with E-state index < -0.39 is 32.7 Å². The first-order chi connectivity index (χ1) is 10.9. The predicted octanol–water partition coefficient (Wildman–Crippen LogP) is 2.54. The molecule has 122 valence electrons. The van der Waals surface area contributed by atoms with Gasteiger partial charge in [-0.1, -0.05) is 0 Å². The lowest BCUT2D eigenvalue weighted by atomic mass is 10.3. The van der Waals surface area contributed by atoms with E-state index in [0.29, 0.717) is 12.8 Å². The molecule has 10 heteroatoms. The molecule has 2 aromatic rings. The number of halogens is 3. The minimum Gasteiger partial charge on any atom is -0.337 e. The van der Waals surface area contributed by atoms with E-state index in [4.69, 9.17) is 0 Å². The second-order valence-corrected chi connectivity index (χ2v) is 6.94. The van der Waals surface area contributed by atoms with Crippen molar-refractivity contribution < 1.29 is 21.6 Å². The summed E-state index contributed by atoms with van der Waals surface area (Å²) in [6, 6.07) is 1.46. The summed E-state index contributed by atoms with van der Waals surface area (Å²) in [5.74, 6) is -4.51. The van der Waals surface area contributed by atoms with E-state index in [-0.39, 0.29) is 17.3 Å². The zero-order chi connectivity index (χ0) is 16.6. The third-order valence-electron chi connectivity index (χ3n) is 3.15. The van der Waals surface area contributed by atoms with Crippen LogP contribution in [-0.4, -0.2) is 23.6 Å². The molecule has 3 rings (SSSR count). The number of hydrogen-bond acceptors (Lipinski definition) is 5. The normalized spacial score (nSPS) is 14.6. The maximum absolute atomic E-state index is 13.2. The van der Waals surface area contributed by atoms with Crippen LogP contribution in [0.1, 0.15) is 12.8 Å². The number of anilines is 3. The number of hydrogen-bond donors (Lipinski definition) is 2. The summed E-state index contributed by atoms with van der Waals surface area (Å²) in [4.78, 5) is 7.74. The molecule has 23 heavy (non-hydrogen) atoms. The van der Waals surface area contributed by atoms with Crippen molar-refractivity contribution in [3.8, 4) is 0 Å². The van der Waals surface area contributed by atoms with Gasteiger partial charge in [0.2, 0.25) is 10.0 Å². The number of aromatic nitrogens is 2. The van der Waals surface area contributed by atoms with Gasteiger partial charge >= 0.3 is 0 Å². The van der Waals surface area contributed by atoms with Crippen LogP contribution in [0.4, 0.5) is 30.5 Å². The van der Waals surface area contributed by atoms with Gasteiger partial charge in [-0.2, -0.15) is 0 Å². The standard InChI is InChI=1S/C13H11F3N4O2S/c14-9-5-7(6-10(15)11(9)16)19-12-13(18-4-3-17-12)20-23(21,22)8-1-2-8/h3-6,8H,1-2H2,(H,17,19)(H,18,20). The molecule has 6 nitrogen and oxygen atoms in total. The van der Waals surface area contributed by atoms with E-state index in [2.05, 4.69) is 20.0 Å². The number of sulfonamides is 1. The number of nitrogens with one attached hydrogen (secondary N) is 2. The number of benzene rings is 1. The van der Waals surface area contributed by atoms with Crippen LogP contribution >= 0.6 is 0 Å². The first kappa shape index (κ1) is 15.5. The van der Waals surface area contributed by atoms with Gasteiger partial charge in [0.25, 0.3) is 0 Å². The summed E-state index contributed by atoms with van der Waals surface area (Å²) >= 11 is 0. The van der Waals surface area contributed by atoms with E-state index in [1.807, 2.05) is 0 Å². The van der Waals surface area contributed by atoms with Gasteiger partial charge in [-0.3, -0.25) is 4.72 Å². The fourth-order valence-corrected chi connectivity index (χ4v) is 3.21. The minimum absolute atomic E-state index is 0.0536. The number of rotatable bonds is 5. The Balaban J connectivity index is 1.89. The average molecular weight is 344 g/mol. The van der Waals surface area contributed by atoms with Crippen molar-refractivity contribution in [2.24, 2.45) is 0 Å². The Hall–Kier alpha value is -2.36. The van der Waals surface area contributed by atoms with Gasteiger partial charge in [0.1, 0.15) is 0 Å². The molecule has 1 fully saturated rings. The molecule has 2 N–H and O–H groups in total. The van der Waals surface area contributed by atoms with Crippen LogP contribution < -0.4 is 10.0 Å². The van der Waals surface area contributed by atoms with Gasteiger partial charge in [0.05, 0.1) is 5.25 Å². The molecular formula is C13H11F3N4O2S. The van der Waals surface area contributed by atoms with Gasteiger partial charge < -0.3 is 5.32 Å². The maximum Gasteiger partial charge on any atom is 0.236 e. The lowest BCUT2D eigenvalue weighted by Crippen LogP contribution is -2.19. The van der Waals surface area contributed by atoms with Crippen LogP contribution in [0.2, 0.25) is 0 Å². The fraction of sp³-hybridized carbons (Fsp3) is 0.231. The molecule has 0 unspecified atom stereocenters. The van der Waals surface area contributed by atoms with Crippen LogP contribution in [0.5, 0.6) is 0 Å². The fourth-order valence-electron chi connectivity index (χ4n) is 1.87. The van der Waals surface area contributed by atoms with Crippen LogP contribution in [0.25, 0.3) is 0 Å². The quantitative estimate of drug-likeness (QED) is 0.815. The molecule has 1 aliphatic rings. The molecule has 0 bridgehead atoms. The zero-order valence-corrected chi connectivity index (χ0v) is 12.4. The minimum atomic E-state index is -3.58. The summed E-state index contributed by atoms with van der Waals surface area (Å²) in [6.45, 7) is 0. The molecule has 1 aromatic heterocycles. The van der Waals surface area contributed by atoms with Crippen molar-refractivity contribution in [3.63, 3.8) is 0 Å². The molecule has 0 atom stereocenters. The van der Waals surface area contributed by atoms with Gasteiger partial charge in [-0.15, -0.1) is 0 Å². The molecule has 0 aliphatic heterocycles. The monoisotopic (exact) mass is 344 g/mol. The summed E-state index contributed by atoms with van der Waals surface area (Å²) < 4.78 is 65.6. The Morgan fingerprint density at radius 1 is 1.00 bits per heavy atom. The molecule has 1 aromatic carbocycles. The van der Waals surface area contributed by atoms with Crippen LogP contribution in [0.3, 0.4) is 0 Å². The third-order valence-corrected chi connectivity index (χ3v) is 4.97. The van der Waals surface area contributed by atoms with Crippen molar-refractivity contribution in [3.05, 3.63) is 42.0 Å². The van der Waals surface area contributed by atoms with Crippen molar-refractivity contribution in [2.75, 3.05) is 10.0 Å². The van der Waals surface area contributed by atoms with Crippen molar-refractivity contribution >= 4 is 27.3 Å². The highest BCUT2D eigenvalue weighted by Crippen LogP contribution is 2.31. The Bertz CT molecular complexity index is 833. The van der Waals surface area contributed by atoms with Gasteiger partial charge in [0.15, 0.2) is 29.1 Å². The lowest BCUT2D eigenvalue weighted by molar-refractivity contribution is 0.448. The van der Waals surface area contributed by atoms with Crippen molar-refractivity contribution in [2.45, 2.75) is 18.1 Å². The molecule has 1 heterocycles. The van der Waals surface area contributed by atoms with Crippen LogP contribution in [-0.2, 0) is 10.0 Å². The second kappa shape index (κ2) is 5.69. The first-order valence-electron chi connectivity index (χ1n) is 6.61. The van der Waals surface area contributed by atoms with Crippen LogP contribution in [0, 0.1) is 17.5 Å². The van der Waals surface area contributed by atoms with Crippen molar-refractivity contribution in [1.29, 1.82) is 0 Å². The Morgan fingerprint density at radius 3 is 2.13 bits per heavy atom. The van der Waals surface area contributed by atoms with Gasteiger partial charge in [-0.05, 0) is 12.8 Å². The molecule has 0 spiro atoms. The van der Waals surface area contributed by atoms with E-state index in [1.54, 1.807) is 0 Å². The Morgan fingerprint density at radius 2 is 1.57 bits per heavy atom. The Labute approximate surface area is 129 Å². The molecule has 0 amide bonds. The van der Waals surface area contributed by atoms with Gasteiger partial charge in [-0.25, -0.2) is 31.6 Å². The molecule has 0 saturated heterocycles. The average Bonchev–Trinajstić information content (AvgIpc) is 3.31. The predicted molar refractivity (Wildman–Crippen MR) is 77.2 cm³/mol.